The lowest BCUT2D eigenvalue weighted by atomic mass is 10.0. The van der Waals surface area contributed by atoms with E-state index in [1.165, 1.54) is 6.92 Å². The summed E-state index contributed by atoms with van der Waals surface area (Å²) in [7, 11) is 0. The van der Waals surface area contributed by atoms with E-state index in [-0.39, 0.29) is 17.7 Å². The van der Waals surface area contributed by atoms with Gasteiger partial charge in [-0.2, -0.15) is 5.10 Å². The van der Waals surface area contributed by atoms with Crippen LogP contribution in [-0.4, -0.2) is 75.7 Å². The molecule has 2 aromatic carbocycles. The van der Waals surface area contributed by atoms with Crippen molar-refractivity contribution in [3.63, 3.8) is 0 Å². The van der Waals surface area contributed by atoms with Crippen LogP contribution in [0.5, 0.6) is 0 Å². The standard InChI is InChI=1S/C29H30N6O3/c1-20(36)22-8-5-9-23(18-22)29(37)34-12-10-24(11-13-34)35-28-25(19-30-35)27(33-14-16-38-17-15-33)31-26(32-28)21-6-3-2-4-7-21/h2-9,18-19,24H,10-17H2,1H3. The van der Waals surface area contributed by atoms with Gasteiger partial charge in [0.1, 0.15) is 5.82 Å². The van der Waals surface area contributed by atoms with Gasteiger partial charge in [-0.1, -0.05) is 42.5 Å². The molecule has 0 bridgehead atoms. The topological polar surface area (TPSA) is 93.5 Å². The van der Waals surface area contributed by atoms with E-state index in [1.54, 1.807) is 24.3 Å². The number of benzene rings is 2. The summed E-state index contributed by atoms with van der Waals surface area (Å²) < 4.78 is 7.59. The lowest BCUT2D eigenvalue weighted by molar-refractivity contribution is 0.0691. The molecule has 2 aliphatic heterocycles. The Morgan fingerprint density at radius 3 is 2.37 bits per heavy atom. The predicted octanol–water partition coefficient (Wildman–Crippen LogP) is 4.01. The van der Waals surface area contributed by atoms with E-state index in [0.717, 1.165) is 48.3 Å². The first-order valence-electron chi connectivity index (χ1n) is 13.1. The molecule has 0 saturated carbocycles. The fourth-order valence-corrected chi connectivity index (χ4v) is 5.28. The largest absolute Gasteiger partial charge is 0.378 e. The Labute approximate surface area is 221 Å². The van der Waals surface area contributed by atoms with Gasteiger partial charge in [0.15, 0.2) is 17.3 Å². The van der Waals surface area contributed by atoms with Gasteiger partial charge in [-0.25, -0.2) is 14.6 Å². The molecule has 1 amide bonds. The number of morpholine rings is 1. The number of nitrogens with zero attached hydrogens (tertiary/aromatic N) is 6. The summed E-state index contributed by atoms with van der Waals surface area (Å²) >= 11 is 0. The van der Waals surface area contributed by atoms with Crippen LogP contribution in [0.4, 0.5) is 5.82 Å². The molecule has 6 rings (SSSR count). The highest BCUT2D eigenvalue weighted by molar-refractivity contribution is 5.99. The lowest BCUT2D eigenvalue weighted by Gasteiger charge is -2.32. The third-order valence-corrected chi connectivity index (χ3v) is 7.39. The number of carbonyl (C=O) groups is 2. The molecule has 2 aromatic heterocycles. The van der Waals surface area contributed by atoms with Gasteiger partial charge in [0, 0.05) is 42.9 Å². The third kappa shape index (κ3) is 4.65. The zero-order chi connectivity index (χ0) is 26.1. The zero-order valence-electron chi connectivity index (χ0n) is 21.4. The second kappa shape index (κ2) is 10.3. The molecular formula is C29H30N6O3. The van der Waals surface area contributed by atoms with Crippen molar-refractivity contribution in [2.75, 3.05) is 44.3 Å². The third-order valence-electron chi connectivity index (χ3n) is 7.39. The number of piperidine rings is 1. The number of aromatic nitrogens is 4. The van der Waals surface area contributed by atoms with Gasteiger partial charge in [0.2, 0.25) is 0 Å². The molecule has 0 spiro atoms. The van der Waals surface area contributed by atoms with Crippen molar-refractivity contribution >= 4 is 28.5 Å². The quantitative estimate of drug-likeness (QED) is 0.375. The molecule has 0 N–H and O–H groups in total. The van der Waals surface area contributed by atoms with Crippen molar-refractivity contribution in [1.29, 1.82) is 0 Å². The maximum atomic E-state index is 13.2. The summed E-state index contributed by atoms with van der Waals surface area (Å²) in [5.74, 6) is 1.48. The van der Waals surface area contributed by atoms with Gasteiger partial charge in [-0.05, 0) is 31.9 Å². The average molecular weight is 511 g/mol. The fraction of sp³-hybridized carbons (Fsp3) is 0.345. The van der Waals surface area contributed by atoms with Crippen molar-refractivity contribution in [3.05, 3.63) is 71.9 Å². The number of hydrogen-bond donors (Lipinski definition) is 0. The summed E-state index contributed by atoms with van der Waals surface area (Å²) in [4.78, 5) is 39.0. The second-order valence-corrected chi connectivity index (χ2v) is 9.82. The number of carbonyl (C=O) groups excluding carboxylic acids is 2. The van der Waals surface area contributed by atoms with E-state index in [4.69, 9.17) is 19.8 Å². The number of ketones is 1. The first kappa shape index (κ1) is 24.2. The molecule has 38 heavy (non-hydrogen) atoms. The molecule has 2 aliphatic rings. The smallest absolute Gasteiger partial charge is 0.253 e. The van der Waals surface area contributed by atoms with Crippen molar-refractivity contribution in [3.8, 4) is 11.4 Å². The van der Waals surface area contributed by atoms with Crippen LogP contribution in [0.2, 0.25) is 0 Å². The summed E-state index contributed by atoms with van der Waals surface area (Å²) in [5, 5.41) is 5.72. The molecule has 2 saturated heterocycles. The van der Waals surface area contributed by atoms with Crippen LogP contribution < -0.4 is 4.90 Å². The van der Waals surface area contributed by atoms with Crippen LogP contribution in [0.25, 0.3) is 22.4 Å². The summed E-state index contributed by atoms with van der Waals surface area (Å²) in [6.45, 7) is 5.63. The Kier molecular flexibility index (Phi) is 6.59. The van der Waals surface area contributed by atoms with Crippen LogP contribution in [-0.2, 0) is 4.74 Å². The van der Waals surface area contributed by atoms with E-state index in [1.807, 2.05) is 46.1 Å². The number of likely N-dealkylation sites (tertiary alicyclic amines) is 1. The summed E-state index contributed by atoms with van der Waals surface area (Å²) in [6, 6.07) is 17.1. The number of rotatable bonds is 5. The monoisotopic (exact) mass is 510 g/mol. The summed E-state index contributed by atoms with van der Waals surface area (Å²) in [5.41, 5.74) is 2.89. The highest BCUT2D eigenvalue weighted by Gasteiger charge is 2.28. The Morgan fingerprint density at radius 1 is 0.895 bits per heavy atom. The van der Waals surface area contributed by atoms with Crippen LogP contribution in [0.15, 0.2) is 60.8 Å². The molecule has 4 heterocycles. The van der Waals surface area contributed by atoms with Gasteiger partial charge in [0.25, 0.3) is 5.91 Å². The highest BCUT2D eigenvalue weighted by atomic mass is 16.5. The Hall–Kier alpha value is -4.11. The number of fused-ring (bicyclic) bond motifs is 1. The van der Waals surface area contributed by atoms with Crippen molar-refractivity contribution in [2.24, 2.45) is 0 Å². The molecular weight excluding hydrogens is 480 g/mol. The van der Waals surface area contributed by atoms with Crippen LogP contribution >= 0.6 is 0 Å². The van der Waals surface area contributed by atoms with E-state index >= 15 is 0 Å². The van der Waals surface area contributed by atoms with Gasteiger partial charge in [0.05, 0.1) is 30.8 Å². The Balaban J connectivity index is 1.28. The number of anilines is 1. The molecule has 9 heteroatoms. The second-order valence-electron chi connectivity index (χ2n) is 9.82. The molecule has 9 nitrogen and oxygen atoms in total. The van der Waals surface area contributed by atoms with Crippen LogP contribution in [0.3, 0.4) is 0 Å². The highest BCUT2D eigenvalue weighted by Crippen LogP contribution is 2.32. The van der Waals surface area contributed by atoms with E-state index < -0.39 is 0 Å². The van der Waals surface area contributed by atoms with Crippen molar-refractivity contribution < 1.29 is 14.3 Å². The van der Waals surface area contributed by atoms with E-state index in [9.17, 15) is 9.59 Å². The molecule has 2 fully saturated rings. The first-order chi connectivity index (χ1) is 18.6. The zero-order valence-corrected chi connectivity index (χ0v) is 21.4. The molecule has 194 valence electrons. The first-order valence-corrected chi connectivity index (χ1v) is 13.1. The lowest BCUT2D eigenvalue weighted by Crippen LogP contribution is -2.39. The minimum Gasteiger partial charge on any atom is -0.378 e. The SMILES string of the molecule is CC(=O)c1cccc(C(=O)N2CCC(n3ncc4c(N5CCOCC5)nc(-c5ccccc5)nc43)CC2)c1. The maximum absolute atomic E-state index is 13.2. The van der Waals surface area contributed by atoms with E-state index in [0.29, 0.717) is 43.3 Å². The molecule has 0 unspecified atom stereocenters. The van der Waals surface area contributed by atoms with E-state index in [2.05, 4.69) is 4.90 Å². The summed E-state index contributed by atoms with van der Waals surface area (Å²) in [6.07, 6.45) is 3.42. The Bertz CT molecular complexity index is 1470. The van der Waals surface area contributed by atoms with Crippen LogP contribution in [0.1, 0.15) is 46.5 Å². The minimum absolute atomic E-state index is 0.0415. The number of Topliss-reactive ketones (excluding diaryl/α,β-unsaturated/α-hetero) is 1. The normalized spacial score (nSPS) is 16.7. The van der Waals surface area contributed by atoms with Gasteiger partial charge < -0.3 is 14.5 Å². The molecule has 4 aromatic rings. The number of ether oxygens (including phenoxy) is 1. The molecule has 0 atom stereocenters. The predicted molar refractivity (Wildman–Crippen MR) is 144 cm³/mol. The van der Waals surface area contributed by atoms with Gasteiger partial charge in [-0.15, -0.1) is 0 Å². The maximum Gasteiger partial charge on any atom is 0.253 e. The van der Waals surface area contributed by atoms with Gasteiger partial charge in [-0.3, -0.25) is 9.59 Å². The fourth-order valence-electron chi connectivity index (χ4n) is 5.28. The number of amides is 1. The van der Waals surface area contributed by atoms with Crippen LogP contribution in [0, 0.1) is 0 Å². The minimum atomic E-state index is -0.0442. The number of hydrogen-bond acceptors (Lipinski definition) is 7. The molecule has 0 aliphatic carbocycles. The van der Waals surface area contributed by atoms with Crippen molar-refractivity contribution in [2.45, 2.75) is 25.8 Å². The van der Waals surface area contributed by atoms with Crippen molar-refractivity contribution in [1.82, 2.24) is 24.6 Å². The molecule has 0 radical (unpaired) electrons. The Morgan fingerprint density at radius 2 is 1.63 bits per heavy atom. The average Bonchev–Trinajstić information content (AvgIpc) is 3.41. The van der Waals surface area contributed by atoms with Gasteiger partial charge >= 0.3 is 0 Å².